The second kappa shape index (κ2) is 7.27. The van der Waals surface area contributed by atoms with Crippen LogP contribution in [0.3, 0.4) is 0 Å². The molecule has 1 saturated carbocycles. The SMILES string of the molecule is O=C(c1cc(C2CC2)[nH]n1)N1CCC2(CC1)OCCc1cnc(-c3ccccc3)nc12. The highest BCUT2D eigenvalue weighted by molar-refractivity contribution is 5.92. The smallest absolute Gasteiger partial charge is 0.274 e. The number of carbonyl (C=O) groups is 1. The van der Waals surface area contributed by atoms with Crippen LogP contribution in [0.1, 0.15) is 59.0 Å². The summed E-state index contributed by atoms with van der Waals surface area (Å²) in [6.07, 6.45) is 6.62. The number of carbonyl (C=O) groups excluding carboxylic acids is 1. The van der Waals surface area contributed by atoms with Crippen LogP contribution in [-0.4, -0.2) is 50.7 Å². The van der Waals surface area contributed by atoms with Gasteiger partial charge in [-0.2, -0.15) is 5.10 Å². The van der Waals surface area contributed by atoms with Gasteiger partial charge in [-0.05, 0) is 43.7 Å². The average Bonchev–Trinajstić information content (AvgIpc) is 3.56. The van der Waals surface area contributed by atoms with Crippen molar-refractivity contribution in [3.8, 4) is 11.4 Å². The fraction of sp³-hybridized carbons (Fsp3) is 0.417. The molecule has 1 amide bonds. The van der Waals surface area contributed by atoms with Crippen LogP contribution in [0, 0.1) is 0 Å². The number of benzene rings is 1. The van der Waals surface area contributed by atoms with Crippen molar-refractivity contribution in [1.82, 2.24) is 25.1 Å². The van der Waals surface area contributed by atoms with E-state index in [0.717, 1.165) is 47.6 Å². The molecule has 6 rings (SSSR count). The number of aromatic amines is 1. The minimum absolute atomic E-state index is 0.00157. The Morgan fingerprint density at radius 2 is 1.97 bits per heavy atom. The minimum Gasteiger partial charge on any atom is -0.368 e. The Balaban J connectivity index is 1.23. The van der Waals surface area contributed by atoms with Gasteiger partial charge in [-0.3, -0.25) is 9.89 Å². The zero-order valence-corrected chi connectivity index (χ0v) is 17.4. The summed E-state index contributed by atoms with van der Waals surface area (Å²) in [5.41, 5.74) is 4.33. The van der Waals surface area contributed by atoms with E-state index in [1.54, 1.807) is 0 Å². The lowest BCUT2D eigenvalue weighted by Crippen LogP contribution is -2.49. The first-order chi connectivity index (χ1) is 15.2. The van der Waals surface area contributed by atoms with Gasteiger partial charge in [0.15, 0.2) is 5.82 Å². The Bertz CT molecular complexity index is 1110. The molecule has 0 atom stereocenters. The molecule has 2 aliphatic heterocycles. The van der Waals surface area contributed by atoms with E-state index in [1.807, 2.05) is 47.5 Å². The number of fused-ring (bicyclic) bond motifs is 2. The molecule has 7 heteroatoms. The quantitative estimate of drug-likeness (QED) is 0.708. The molecule has 1 aliphatic carbocycles. The van der Waals surface area contributed by atoms with Crippen LogP contribution in [0.25, 0.3) is 11.4 Å². The molecular weight excluding hydrogens is 390 g/mol. The molecule has 2 aromatic heterocycles. The monoisotopic (exact) mass is 415 g/mol. The first-order valence-electron chi connectivity index (χ1n) is 11.1. The Hall–Kier alpha value is -3.06. The Morgan fingerprint density at radius 3 is 2.74 bits per heavy atom. The number of hydrogen-bond acceptors (Lipinski definition) is 5. The zero-order valence-electron chi connectivity index (χ0n) is 17.4. The summed E-state index contributed by atoms with van der Waals surface area (Å²) in [5.74, 6) is 1.29. The summed E-state index contributed by atoms with van der Waals surface area (Å²) >= 11 is 0. The summed E-state index contributed by atoms with van der Waals surface area (Å²) in [4.78, 5) is 24.4. The van der Waals surface area contributed by atoms with E-state index in [9.17, 15) is 4.79 Å². The molecule has 0 bridgehead atoms. The molecule has 0 radical (unpaired) electrons. The molecule has 3 aromatic rings. The highest BCUT2D eigenvalue weighted by Gasteiger charge is 2.43. The number of piperidine rings is 1. The van der Waals surface area contributed by atoms with Crippen LogP contribution in [0.5, 0.6) is 0 Å². The van der Waals surface area contributed by atoms with Crippen molar-refractivity contribution in [3.05, 3.63) is 65.2 Å². The molecule has 4 heterocycles. The number of hydrogen-bond donors (Lipinski definition) is 1. The molecule has 3 aliphatic rings. The second-order valence-corrected chi connectivity index (χ2v) is 8.80. The third kappa shape index (κ3) is 3.33. The van der Waals surface area contributed by atoms with Crippen molar-refractivity contribution >= 4 is 5.91 Å². The van der Waals surface area contributed by atoms with Gasteiger partial charge in [0, 0.05) is 36.5 Å². The standard InChI is InChI=1S/C24H25N5O2/c30-23(20-14-19(27-28-20)16-6-7-16)29-11-9-24(10-12-29)21-18(8-13-31-24)15-25-22(26-21)17-4-2-1-3-5-17/h1-5,14-16H,6-13H2,(H,27,28). The lowest BCUT2D eigenvalue weighted by atomic mass is 9.83. The van der Waals surface area contributed by atoms with Crippen LogP contribution in [-0.2, 0) is 16.8 Å². The van der Waals surface area contributed by atoms with Crippen molar-refractivity contribution in [2.75, 3.05) is 19.7 Å². The number of likely N-dealkylation sites (tertiary alicyclic amines) is 1. The molecule has 0 unspecified atom stereocenters. The van der Waals surface area contributed by atoms with E-state index in [0.29, 0.717) is 31.3 Å². The Kier molecular flexibility index (Phi) is 4.38. The van der Waals surface area contributed by atoms with Crippen molar-refractivity contribution in [2.24, 2.45) is 0 Å². The average molecular weight is 415 g/mol. The summed E-state index contributed by atoms with van der Waals surface area (Å²) in [7, 11) is 0. The van der Waals surface area contributed by atoms with Gasteiger partial charge in [0.1, 0.15) is 11.3 Å². The Labute approximate surface area is 180 Å². The maximum Gasteiger partial charge on any atom is 0.274 e. The van der Waals surface area contributed by atoms with Gasteiger partial charge in [-0.15, -0.1) is 0 Å². The van der Waals surface area contributed by atoms with Gasteiger partial charge in [-0.1, -0.05) is 30.3 Å². The van der Waals surface area contributed by atoms with E-state index < -0.39 is 5.60 Å². The van der Waals surface area contributed by atoms with E-state index in [-0.39, 0.29) is 5.91 Å². The first kappa shape index (κ1) is 18.7. The highest BCUT2D eigenvalue weighted by atomic mass is 16.5. The fourth-order valence-electron chi connectivity index (χ4n) is 4.80. The van der Waals surface area contributed by atoms with Gasteiger partial charge in [-0.25, -0.2) is 9.97 Å². The van der Waals surface area contributed by atoms with Crippen molar-refractivity contribution in [1.29, 1.82) is 0 Å². The summed E-state index contributed by atoms with van der Waals surface area (Å²) < 4.78 is 6.35. The topological polar surface area (TPSA) is 84.0 Å². The number of rotatable bonds is 3. The molecule has 158 valence electrons. The summed E-state index contributed by atoms with van der Waals surface area (Å²) in [6, 6.07) is 12.0. The number of aromatic nitrogens is 4. The van der Waals surface area contributed by atoms with Gasteiger partial charge in [0.05, 0.1) is 12.3 Å². The molecule has 1 aromatic carbocycles. The first-order valence-corrected chi connectivity index (χ1v) is 11.1. The molecule has 31 heavy (non-hydrogen) atoms. The fourth-order valence-corrected chi connectivity index (χ4v) is 4.80. The van der Waals surface area contributed by atoms with Crippen LogP contribution >= 0.6 is 0 Å². The Morgan fingerprint density at radius 1 is 1.16 bits per heavy atom. The number of ether oxygens (including phenoxy) is 1. The molecule has 7 nitrogen and oxygen atoms in total. The van der Waals surface area contributed by atoms with E-state index in [2.05, 4.69) is 15.2 Å². The van der Waals surface area contributed by atoms with Gasteiger partial charge < -0.3 is 9.64 Å². The van der Waals surface area contributed by atoms with Crippen molar-refractivity contribution < 1.29 is 9.53 Å². The lowest BCUT2D eigenvalue weighted by Gasteiger charge is -2.44. The van der Waals surface area contributed by atoms with Gasteiger partial charge in [0.2, 0.25) is 0 Å². The van der Waals surface area contributed by atoms with Crippen LogP contribution in [0.4, 0.5) is 0 Å². The van der Waals surface area contributed by atoms with Gasteiger partial charge >= 0.3 is 0 Å². The molecule has 1 N–H and O–H groups in total. The predicted octanol–water partition coefficient (Wildman–Crippen LogP) is 3.45. The van der Waals surface area contributed by atoms with Crippen LogP contribution < -0.4 is 0 Å². The zero-order chi connectivity index (χ0) is 20.8. The van der Waals surface area contributed by atoms with E-state index in [4.69, 9.17) is 9.72 Å². The molecule has 1 saturated heterocycles. The van der Waals surface area contributed by atoms with Crippen LogP contribution in [0.2, 0.25) is 0 Å². The summed E-state index contributed by atoms with van der Waals surface area (Å²) in [5, 5.41) is 7.31. The van der Waals surface area contributed by atoms with Crippen molar-refractivity contribution in [2.45, 2.75) is 43.6 Å². The van der Waals surface area contributed by atoms with Gasteiger partial charge in [0.25, 0.3) is 5.91 Å². The third-order valence-electron chi connectivity index (χ3n) is 6.77. The van der Waals surface area contributed by atoms with E-state index in [1.165, 1.54) is 12.8 Å². The molecular formula is C24H25N5O2. The maximum absolute atomic E-state index is 13.0. The van der Waals surface area contributed by atoms with Crippen molar-refractivity contribution in [3.63, 3.8) is 0 Å². The molecule has 2 fully saturated rings. The summed E-state index contributed by atoms with van der Waals surface area (Å²) in [6.45, 7) is 1.93. The molecule has 1 spiro atoms. The number of amides is 1. The second-order valence-electron chi connectivity index (χ2n) is 8.80. The number of H-pyrrole nitrogens is 1. The third-order valence-corrected chi connectivity index (χ3v) is 6.77. The predicted molar refractivity (Wildman–Crippen MR) is 115 cm³/mol. The lowest BCUT2D eigenvalue weighted by molar-refractivity contribution is -0.0967. The maximum atomic E-state index is 13.0. The minimum atomic E-state index is -0.443. The number of nitrogens with zero attached hydrogens (tertiary/aromatic N) is 4. The normalized spacial score (nSPS) is 19.9. The van der Waals surface area contributed by atoms with Crippen LogP contribution in [0.15, 0.2) is 42.6 Å². The number of nitrogens with one attached hydrogen (secondary N) is 1. The van der Waals surface area contributed by atoms with E-state index >= 15 is 0 Å². The largest absolute Gasteiger partial charge is 0.368 e. The highest BCUT2D eigenvalue weighted by Crippen LogP contribution is 2.42.